The molecule has 1 heterocycles. The molecule has 0 aliphatic carbocycles. The van der Waals surface area contributed by atoms with E-state index in [0.29, 0.717) is 23.6 Å². The van der Waals surface area contributed by atoms with Crippen LogP contribution in [0.3, 0.4) is 0 Å². The van der Waals surface area contributed by atoms with Gasteiger partial charge in [0, 0.05) is 5.69 Å². The lowest BCUT2D eigenvalue weighted by atomic mass is 10.1. The molecule has 0 saturated heterocycles. The Balaban J connectivity index is 1.81. The van der Waals surface area contributed by atoms with Gasteiger partial charge in [0.05, 0.1) is 6.21 Å². The first-order valence-electron chi connectivity index (χ1n) is 8.53. The molecule has 0 bridgehead atoms. The topological polar surface area (TPSA) is 67.4 Å². The van der Waals surface area contributed by atoms with Crippen molar-refractivity contribution in [3.63, 3.8) is 0 Å². The Hall–Kier alpha value is -3.65. The fourth-order valence-electron chi connectivity index (χ4n) is 2.71. The first-order chi connectivity index (χ1) is 13.1. The standard InChI is InChI=1S/C22H19N3O2/c1-16-11-17(2)25(22(26)21(16)13-23)24-14-19-9-6-10-20(12-19)27-15-18-7-4-3-5-8-18/h3-12,14H,15H2,1-2H3/b24-14-. The number of pyridine rings is 1. The molecular weight excluding hydrogens is 338 g/mol. The quantitative estimate of drug-likeness (QED) is 0.652. The van der Waals surface area contributed by atoms with Crippen molar-refractivity contribution in [2.45, 2.75) is 20.5 Å². The summed E-state index contributed by atoms with van der Waals surface area (Å²) in [6, 6.07) is 21.1. The minimum absolute atomic E-state index is 0.109. The lowest BCUT2D eigenvalue weighted by Gasteiger charge is -2.08. The van der Waals surface area contributed by atoms with Crippen LogP contribution >= 0.6 is 0 Å². The van der Waals surface area contributed by atoms with Gasteiger partial charge in [0.15, 0.2) is 0 Å². The van der Waals surface area contributed by atoms with Crippen LogP contribution in [0.4, 0.5) is 0 Å². The van der Waals surface area contributed by atoms with Crippen molar-refractivity contribution >= 4 is 6.21 Å². The third kappa shape index (κ3) is 4.31. The lowest BCUT2D eigenvalue weighted by Crippen LogP contribution is -2.22. The lowest BCUT2D eigenvalue weighted by molar-refractivity contribution is 0.306. The predicted molar refractivity (Wildman–Crippen MR) is 105 cm³/mol. The third-order valence-corrected chi connectivity index (χ3v) is 4.10. The number of hydrogen-bond acceptors (Lipinski definition) is 4. The summed E-state index contributed by atoms with van der Waals surface area (Å²) in [7, 11) is 0. The summed E-state index contributed by atoms with van der Waals surface area (Å²) in [4.78, 5) is 12.4. The summed E-state index contributed by atoms with van der Waals surface area (Å²) in [5, 5.41) is 13.4. The minimum Gasteiger partial charge on any atom is -0.489 e. The molecule has 5 nitrogen and oxygen atoms in total. The zero-order valence-electron chi connectivity index (χ0n) is 15.2. The van der Waals surface area contributed by atoms with Crippen LogP contribution in [0.25, 0.3) is 0 Å². The molecule has 3 aromatic rings. The molecule has 0 spiro atoms. The highest BCUT2D eigenvalue weighted by Gasteiger charge is 2.09. The number of aryl methyl sites for hydroxylation is 2. The van der Waals surface area contributed by atoms with Gasteiger partial charge in [-0.05, 0) is 48.7 Å². The van der Waals surface area contributed by atoms with E-state index in [-0.39, 0.29) is 5.56 Å². The fraction of sp³-hybridized carbons (Fsp3) is 0.136. The number of hydrogen-bond donors (Lipinski definition) is 0. The molecule has 3 rings (SSSR count). The molecule has 1 aromatic heterocycles. The van der Waals surface area contributed by atoms with Crippen molar-refractivity contribution in [2.75, 3.05) is 0 Å². The molecule has 134 valence electrons. The van der Waals surface area contributed by atoms with E-state index >= 15 is 0 Å². The summed E-state index contributed by atoms with van der Waals surface area (Å²) < 4.78 is 7.05. The van der Waals surface area contributed by atoms with Crippen LogP contribution < -0.4 is 10.3 Å². The van der Waals surface area contributed by atoms with E-state index in [2.05, 4.69) is 5.10 Å². The normalized spacial score (nSPS) is 10.7. The van der Waals surface area contributed by atoms with Crippen molar-refractivity contribution in [3.8, 4) is 11.8 Å². The van der Waals surface area contributed by atoms with Crippen LogP contribution in [0.15, 0.2) is 70.6 Å². The Labute approximate surface area is 157 Å². The molecule has 0 N–H and O–H groups in total. The highest BCUT2D eigenvalue weighted by molar-refractivity contribution is 5.80. The average Bonchev–Trinajstić information content (AvgIpc) is 2.67. The Morgan fingerprint density at radius 3 is 2.63 bits per heavy atom. The molecular formula is C22H19N3O2. The van der Waals surface area contributed by atoms with Crippen molar-refractivity contribution < 1.29 is 4.74 Å². The summed E-state index contributed by atoms with van der Waals surface area (Å²) in [5.74, 6) is 0.716. The van der Waals surface area contributed by atoms with E-state index in [9.17, 15) is 4.79 Å². The van der Waals surface area contributed by atoms with Crippen molar-refractivity contribution in [3.05, 3.63) is 99.0 Å². The summed E-state index contributed by atoms with van der Waals surface area (Å²) in [6.45, 7) is 4.00. The van der Waals surface area contributed by atoms with Crippen LogP contribution in [0.2, 0.25) is 0 Å². The molecule has 0 aliphatic heterocycles. The van der Waals surface area contributed by atoms with Crippen LogP contribution in [0.1, 0.15) is 27.9 Å². The molecule has 0 saturated carbocycles. The highest BCUT2D eigenvalue weighted by atomic mass is 16.5. The average molecular weight is 357 g/mol. The maximum Gasteiger partial charge on any atom is 0.289 e. The van der Waals surface area contributed by atoms with Crippen LogP contribution in [-0.4, -0.2) is 10.9 Å². The Bertz CT molecular complexity index is 1080. The van der Waals surface area contributed by atoms with Crippen LogP contribution in [0, 0.1) is 25.2 Å². The van der Waals surface area contributed by atoms with Gasteiger partial charge in [-0.1, -0.05) is 42.5 Å². The highest BCUT2D eigenvalue weighted by Crippen LogP contribution is 2.14. The number of benzene rings is 2. The first-order valence-corrected chi connectivity index (χ1v) is 8.53. The van der Waals surface area contributed by atoms with E-state index in [1.165, 1.54) is 4.68 Å². The zero-order chi connectivity index (χ0) is 19.2. The van der Waals surface area contributed by atoms with E-state index in [4.69, 9.17) is 10.00 Å². The first kappa shape index (κ1) is 18.2. The van der Waals surface area contributed by atoms with Crippen molar-refractivity contribution in [1.82, 2.24) is 4.68 Å². The molecule has 0 atom stereocenters. The Kier molecular flexibility index (Phi) is 5.48. The molecule has 0 fully saturated rings. The number of aromatic nitrogens is 1. The van der Waals surface area contributed by atoms with Gasteiger partial charge in [0.25, 0.3) is 5.56 Å². The largest absolute Gasteiger partial charge is 0.489 e. The number of nitriles is 1. The minimum atomic E-state index is -0.414. The van der Waals surface area contributed by atoms with E-state index in [1.807, 2.05) is 60.7 Å². The second-order valence-electron chi connectivity index (χ2n) is 6.16. The molecule has 0 radical (unpaired) electrons. The summed E-state index contributed by atoms with van der Waals surface area (Å²) in [5.41, 5.74) is 2.90. The smallest absolute Gasteiger partial charge is 0.289 e. The second kappa shape index (κ2) is 8.15. The molecule has 0 amide bonds. The molecule has 2 aromatic carbocycles. The SMILES string of the molecule is Cc1cc(C)n(/N=C\c2cccc(OCc3ccccc3)c2)c(=O)c1C#N. The monoisotopic (exact) mass is 357 g/mol. The van der Waals surface area contributed by atoms with Gasteiger partial charge in [-0.2, -0.15) is 10.4 Å². The summed E-state index contributed by atoms with van der Waals surface area (Å²) in [6.07, 6.45) is 1.58. The van der Waals surface area contributed by atoms with Gasteiger partial charge in [0.2, 0.25) is 0 Å². The number of nitrogens with zero attached hydrogens (tertiary/aromatic N) is 3. The molecule has 5 heteroatoms. The van der Waals surface area contributed by atoms with E-state index in [0.717, 1.165) is 11.1 Å². The fourth-order valence-corrected chi connectivity index (χ4v) is 2.71. The Morgan fingerprint density at radius 2 is 1.89 bits per heavy atom. The molecule has 0 unspecified atom stereocenters. The predicted octanol–water partition coefficient (Wildman–Crippen LogP) is 3.80. The van der Waals surface area contributed by atoms with E-state index < -0.39 is 5.56 Å². The van der Waals surface area contributed by atoms with Crippen LogP contribution in [0.5, 0.6) is 5.75 Å². The van der Waals surface area contributed by atoms with Gasteiger partial charge in [0.1, 0.15) is 24.0 Å². The van der Waals surface area contributed by atoms with Crippen LogP contribution in [-0.2, 0) is 6.61 Å². The maximum atomic E-state index is 12.4. The molecule has 0 aliphatic rings. The van der Waals surface area contributed by atoms with Gasteiger partial charge in [-0.3, -0.25) is 4.79 Å². The van der Waals surface area contributed by atoms with Gasteiger partial charge in [-0.25, -0.2) is 4.68 Å². The third-order valence-electron chi connectivity index (χ3n) is 4.10. The molecule has 27 heavy (non-hydrogen) atoms. The van der Waals surface area contributed by atoms with Crippen molar-refractivity contribution in [1.29, 1.82) is 5.26 Å². The van der Waals surface area contributed by atoms with Crippen molar-refractivity contribution in [2.24, 2.45) is 5.10 Å². The number of rotatable bonds is 5. The summed E-state index contributed by atoms with van der Waals surface area (Å²) >= 11 is 0. The Morgan fingerprint density at radius 1 is 1.11 bits per heavy atom. The van der Waals surface area contributed by atoms with Gasteiger partial charge in [-0.15, -0.1) is 0 Å². The number of ether oxygens (including phenoxy) is 1. The zero-order valence-corrected chi connectivity index (χ0v) is 15.2. The van der Waals surface area contributed by atoms with Gasteiger partial charge < -0.3 is 4.74 Å². The van der Waals surface area contributed by atoms with E-state index in [1.54, 1.807) is 26.1 Å². The maximum absolute atomic E-state index is 12.4. The second-order valence-corrected chi connectivity index (χ2v) is 6.16. The van der Waals surface area contributed by atoms with Gasteiger partial charge >= 0.3 is 0 Å².